The Morgan fingerprint density at radius 3 is 2.23 bits per heavy atom. The van der Waals surface area contributed by atoms with Crippen LogP contribution in [0.1, 0.15) is 25.8 Å². The van der Waals surface area contributed by atoms with Crippen molar-refractivity contribution in [3.8, 4) is 0 Å². The number of rotatable bonds is 3. The Kier molecular flexibility index (Phi) is 3.07. The minimum Gasteiger partial charge on any atom is -0.326 e. The molecule has 72 valence electrons. The first-order chi connectivity index (χ1) is 6.11. The van der Waals surface area contributed by atoms with Gasteiger partial charge in [0.25, 0.3) is 0 Å². The van der Waals surface area contributed by atoms with Crippen molar-refractivity contribution in [3.63, 3.8) is 0 Å². The fourth-order valence-electron chi connectivity index (χ4n) is 1.54. The zero-order valence-corrected chi connectivity index (χ0v) is 8.33. The molecular formula is C11H18N2. The first kappa shape index (κ1) is 10.2. The Balaban J connectivity index is 3.03. The molecule has 2 unspecified atom stereocenters. The third-order valence-corrected chi connectivity index (χ3v) is 2.71. The van der Waals surface area contributed by atoms with Crippen LogP contribution in [0.4, 0.5) is 0 Å². The second-order valence-electron chi connectivity index (χ2n) is 3.55. The van der Waals surface area contributed by atoms with Crippen molar-refractivity contribution >= 4 is 0 Å². The van der Waals surface area contributed by atoms with E-state index in [0.717, 1.165) is 12.0 Å². The lowest BCUT2D eigenvalue weighted by Crippen LogP contribution is -2.50. The van der Waals surface area contributed by atoms with Crippen LogP contribution in [0.15, 0.2) is 30.3 Å². The van der Waals surface area contributed by atoms with Crippen LogP contribution in [-0.2, 0) is 5.54 Å². The third kappa shape index (κ3) is 1.90. The largest absolute Gasteiger partial charge is 0.326 e. The molecule has 0 saturated carbocycles. The van der Waals surface area contributed by atoms with Gasteiger partial charge in [-0.15, -0.1) is 0 Å². The highest BCUT2D eigenvalue weighted by molar-refractivity contribution is 5.25. The summed E-state index contributed by atoms with van der Waals surface area (Å²) in [5.41, 5.74) is 12.9. The predicted octanol–water partition coefficient (Wildman–Crippen LogP) is 1.60. The van der Waals surface area contributed by atoms with Crippen molar-refractivity contribution in [1.82, 2.24) is 0 Å². The molecule has 2 nitrogen and oxygen atoms in total. The van der Waals surface area contributed by atoms with Gasteiger partial charge in [-0.25, -0.2) is 0 Å². The second kappa shape index (κ2) is 3.90. The molecule has 4 N–H and O–H groups in total. The van der Waals surface area contributed by atoms with E-state index in [9.17, 15) is 0 Å². The highest BCUT2D eigenvalue weighted by atomic mass is 14.8. The van der Waals surface area contributed by atoms with E-state index < -0.39 is 0 Å². The topological polar surface area (TPSA) is 52.0 Å². The summed E-state index contributed by atoms with van der Waals surface area (Å²) in [4.78, 5) is 0. The predicted molar refractivity (Wildman–Crippen MR) is 56.2 cm³/mol. The molecule has 0 heterocycles. The molecule has 0 spiro atoms. The molecule has 1 aromatic rings. The summed E-state index contributed by atoms with van der Waals surface area (Å²) in [5, 5.41) is 0. The Labute approximate surface area is 79.9 Å². The van der Waals surface area contributed by atoms with Crippen molar-refractivity contribution in [3.05, 3.63) is 35.9 Å². The maximum Gasteiger partial charge on any atom is 0.0557 e. The summed E-state index contributed by atoms with van der Waals surface area (Å²) in [7, 11) is 0. The van der Waals surface area contributed by atoms with Gasteiger partial charge in [0.1, 0.15) is 0 Å². The molecule has 13 heavy (non-hydrogen) atoms. The lowest BCUT2D eigenvalue weighted by molar-refractivity contribution is 0.358. The molecule has 0 aliphatic heterocycles. The summed E-state index contributed by atoms with van der Waals surface area (Å²) in [6, 6.07) is 10.0. The summed E-state index contributed by atoms with van der Waals surface area (Å²) in [5.74, 6) is 0. The fourth-order valence-corrected chi connectivity index (χ4v) is 1.54. The van der Waals surface area contributed by atoms with Crippen LogP contribution >= 0.6 is 0 Å². The highest BCUT2D eigenvalue weighted by Gasteiger charge is 2.28. The van der Waals surface area contributed by atoms with Crippen LogP contribution in [0.5, 0.6) is 0 Å². The van der Waals surface area contributed by atoms with Gasteiger partial charge in [0.15, 0.2) is 0 Å². The average Bonchev–Trinajstić information content (AvgIpc) is 2.17. The van der Waals surface area contributed by atoms with E-state index in [0.29, 0.717) is 0 Å². The molecule has 0 saturated heterocycles. The van der Waals surface area contributed by atoms with Gasteiger partial charge in [-0.2, -0.15) is 0 Å². The molecule has 0 fully saturated rings. The maximum absolute atomic E-state index is 6.24. The van der Waals surface area contributed by atoms with E-state index in [-0.39, 0.29) is 11.6 Å². The van der Waals surface area contributed by atoms with Gasteiger partial charge in [-0.1, -0.05) is 37.3 Å². The summed E-state index contributed by atoms with van der Waals surface area (Å²) >= 11 is 0. The zero-order valence-electron chi connectivity index (χ0n) is 8.33. The van der Waals surface area contributed by atoms with Crippen LogP contribution in [0.3, 0.4) is 0 Å². The minimum absolute atomic E-state index is 0.0279. The number of nitrogens with two attached hydrogens (primary N) is 2. The van der Waals surface area contributed by atoms with Crippen molar-refractivity contribution in [1.29, 1.82) is 0 Å². The summed E-state index contributed by atoms with van der Waals surface area (Å²) in [6.07, 6.45) is 0.856. The minimum atomic E-state index is -0.388. The van der Waals surface area contributed by atoms with Crippen molar-refractivity contribution in [2.24, 2.45) is 11.5 Å². The number of hydrogen-bond acceptors (Lipinski definition) is 2. The van der Waals surface area contributed by atoms with E-state index in [1.807, 2.05) is 37.3 Å². The lowest BCUT2D eigenvalue weighted by atomic mass is 9.83. The summed E-state index contributed by atoms with van der Waals surface area (Å²) < 4.78 is 0. The molecule has 0 aromatic heterocycles. The van der Waals surface area contributed by atoms with Gasteiger partial charge in [-0.05, 0) is 18.9 Å². The molecule has 0 amide bonds. The molecule has 0 radical (unpaired) electrons. The quantitative estimate of drug-likeness (QED) is 0.738. The van der Waals surface area contributed by atoms with E-state index in [4.69, 9.17) is 11.5 Å². The fraction of sp³-hybridized carbons (Fsp3) is 0.455. The molecular weight excluding hydrogens is 160 g/mol. The highest BCUT2D eigenvalue weighted by Crippen LogP contribution is 2.24. The van der Waals surface area contributed by atoms with Crippen LogP contribution in [0.25, 0.3) is 0 Å². The van der Waals surface area contributed by atoms with Gasteiger partial charge >= 0.3 is 0 Å². The summed E-state index contributed by atoms with van der Waals surface area (Å²) in [6.45, 7) is 4.02. The van der Waals surface area contributed by atoms with Gasteiger partial charge in [0, 0.05) is 6.04 Å². The molecule has 0 aliphatic rings. The Morgan fingerprint density at radius 2 is 1.85 bits per heavy atom. The van der Waals surface area contributed by atoms with Crippen LogP contribution < -0.4 is 11.5 Å². The van der Waals surface area contributed by atoms with E-state index in [2.05, 4.69) is 6.92 Å². The van der Waals surface area contributed by atoms with Gasteiger partial charge in [-0.3, -0.25) is 0 Å². The molecule has 0 aliphatic carbocycles. The molecule has 0 bridgehead atoms. The van der Waals surface area contributed by atoms with Gasteiger partial charge in [0.2, 0.25) is 0 Å². The van der Waals surface area contributed by atoms with E-state index >= 15 is 0 Å². The smallest absolute Gasteiger partial charge is 0.0557 e. The first-order valence-electron chi connectivity index (χ1n) is 4.71. The monoisotopic (exact) mass is 178 g/mol. The Bertz CT molecular complexity index is 256. The van der Waals surface area contributed by atoms with Gasteiger partial charge < -0.3 is 11.5 Å². The molecule has 1 rings (SSSR count). The van der Waals surface area contributed by atoms with E-state index in [1.165, 1.54) is 0 Å². The molecule has 1 aromatic carbocycles. The van der Waals surface area contributed by atoms with Crippen molar-refractivity contribution in [2.75, 3.05) is 0 Å². The normalized spacial score (nSPS) is 17.8. The van der Waals surface area contributed by atoms with Crippen LogP contribution in [0, 0.1) is 0 Å². The Hall–Kier alpha value is -0.860. The Morgan fingerprint density at radius 1 is 1.31 bits per heavy atom. The number of hydrogen-bond donors (Lipinski definition) is 2. The molecule has 2 atom stereocenters. The lowest BCUT2D eigenvalue weighted by Gasteiger charge is -2.32. The number of benzene rings is 1. The van der Waals surface area contributed by atoms with Crippen LogP contribution in [0.2, 0.25) is 0 Å². The van der Waals surface area contributed by atoms with E-state index in [1.54, 1.807) is 0 Å². The second-order valence-corrected chi connectivity index (χ2v) is 3.55. The van der Waals surface area contributed by atoms with Crippen LogP contribution in [-0.4, -0.2) is 6.04 Å². The zero-order chi connectivity index (χ0) is 9.90. The van der Waals surface area contributed by atoms with Crippen molar-refractivity contribution < 1.29 is 0 Å². The SMILES string of the molecule is CCC(N)(c1ccccc1)C(C)N. The average molecular weight is 178 g/mol. The first-order valence-corrected chi connectivity index (χ1v) is 4.71. The molecule has 2 heteroatoms. The third-order valence-electron chi connectivity index (χ3n) is 2.71. The van der Waals surface area contributed by atoms with Gasteiger partial charge in [0.05, 0.1) is 5.54 Å². The maximum atomic E-state index is 6.24. The van der Waals surface area contributed by atoms with Crippen molar-refractivity contribution in [2.45, 2.75) is 31.8 Å². The standard InChI is InChI=1S/C11H18N2/c1-3-11(13,9(2)12)10-7-5-4-6-8-10/h4-9H,3,12-13H2,1-2H3.